The van der Waals surface area contributed by atoms with Crippen molar-refractivity contribution in [2.45, 2.75) is 63.2 Å². The van der Waals surface area contributed by atoms with Gasteiger partial charge < -0.3 is 20.3 Å². The second kappa shape index (κ2) is 9.38. The van der Waals surface area contributed by atoms with Crippen LogP contribution >= 0.6 is 19.8 Å². The van der Waals surface area contributed by atoms with Gasteiger partial charge in [0.1, 0.15) is 29.7 Å². The summed E-state index contributed by atoms with van der Waals surface area (Å²) in [5.41, 5.74) is 5.24. The lowest BCUT2D eigenvalue weighted by atomic mass is 10.0. The fraction of sp³-hybridized carbons (Fsp3) is 0.647. The van der Waals surface area contributed by atoms with E-state index >= 15 is 0 Å². The first-order chi connectivity index (χ1) is 14.9. The lowest BCUT2D eigenvalue weighted by Crippen LogP contribution is -2.40. The number of H-pyrrole nitrogens is 1. The molecule has 5 N–H and O–H groups in total. The average molecular weight is 492 g/mol. The van der Waals surface area contributed by atoms with Crippen LogP contribution in [0.4, 0.5) is 5.95 Å². The van der Waals surface area contributed by atoms with Gasteiger partial charge in [-0.15, -0.1) is 16.1 Å². The Morgan fingerprint density at radius 1 is 1.53 bits per heavy atom. The van der Waals surface area contributed by atoms with Crippen molar-refractivity contribution >= 4 is 42.9 Å². The number of carbonyl (C=O) groups excluding carboxylic acids is 1. The summed E-state index contributed by atoms with van der Waals surface area (Å²) in [6, 6.07) is -0.867. The van der Waals surface area contributed by atoms with Crippen molar-refractivity contribution in [3.63, 3.8) is 0 Å². The quantitative estimate of drug-likeness (QED) is 0.230. The van der Waals surface area contributed by atoms with E-state index in [0.29, 0.717) is 0 Å². The predicted octanol–water partition coefficient (Wildman–Crippen LogP) is 0.561. The summed E-state index contributed by atoms with van der Waals surface area (Å²) in [5, 5.41) is 13.2. The standard InChI is InChI=1S/C17H24ClN6O7P/c1-7(2)30-14(27)8(3)23-32(28)29-5-9-11(25)17(4,18)15(31-9)24-6-20-10-12(24)21-16(19)22-13(10)26/h6-9,11,15,25H,5H2,1-4H3,(H3-,19,21,22,23,26,28)/p+1/t8-,9+,11+,15+,17+/m0/s1. The van der Waals surface area contributed by atoms with Gasteiger partial charge in [0.25, 0.3) is 5.56 Å². The molecule has 0 bridgehead atoms. The molecule has 1 aliphatic heterocycles. The number of carbonyl (C=O) groups is 1. The van der Waals surface area contributed by atoms with Gasteiger partial charge in [0.05, 0.1) is 12.4 Å². The number of fused-ring (bicyclic) bond motifs is 1. The first-order valence-corrected chi connectivity index (χ1v) is 11.3. The fourth-order valence-electron chi connectivity index (χ4n) is 3.19. The van der Waals surface area contributed by atoms with Crippen LogP contribution in [-0.2, 0) is 23.4 Å². The van der Waals surface area contributed by atoms with E-state index in [1.165, 1.54) is 24.7 Å². The number of nitrogens with one attached hydrogen (secondary N) is 2. The van der Waals surface area contributed by atoms with Crippen LogP contribution < -0.4 is 16.4 Å². The van der Waals surface area contributed by atoms with Gasteiger partial charge in [-0.1, -0.05) is 5.09 Å². The smallest absolute Gasteiger partial charge is 0.462 e. The molecule has 3 rings (SSSR count). The summed E-state index contributed by atoms with van der Waals surface area (Å²) in [7, 11) is -2.47. The normalized spacial score (nSPS) is 27.1. The van der Waals surface area contributed by atoms with E-state index in [4.69, 9.17) is 31.3 Å². The van der Waals surface area contributed by atoms with E-state index in [-0.39, 0.29) is 29.8 Å². The van der Waals surface area contributed by atoms with Gasteiger partial charge >= 0.3 is 14.1 Å². The van der Waals surface area contributed by atoms with Crippen molar-refractivity contribution in [1.29, 1.82) is 0 Å². The Hall–Kier alpha value is -2.15. The van der Waals surface area contributed by atoms with Crippen molar-refractivity contribution in [3.05, 3.63) is 16.7 Å². The Morgan fingerprint density at radius 3 is 2.88 bits per heavy atom. The number of hydrogen-bond acceptors (Lipinski definition) is 10. The predicted molar refractivity (Wildman–Crippen MR) is 114 cm³/mol. The van der Waals surface area contributed by atoms with E-state index in [2.05, 4.69) is 20.0 Å². The summed E-state index contributed by atoms with van der Waals surface area (Å²) in [6.45, 7) is 6.12. The number of imidazole rings is 1. The Bertz CT molecular complexity index is 1070. The number of aromatic amines is 1. The van der Waals surface area contributed by atoms with Crippen molar-refractivity contribution in [3.8, 4) is 0 Å². The molecule has 3 heterocycles. The molecule has 0 amide bonds. The number of rotatable bonds is 8. The summed E-state index contributed by atoms with van der Waals surface area (Å²) in [5.74, 6) is -0.696. The number of aliphatic hydroxyl groups excluding tert-OH is 1. The Labute approximate surface area is 188 Å². The molecule has 6 atom stereocenters. The summed E-state index contributed by atoms with van der Waals surface area (Å²) < 4.78 is 29.7. The van der Waals surface area contributed by atoms with Crippen LogP contribution in [0.3, 0.4) is 0 Å². The van der Waals surface area contributed by atoms with Gasteiger partial charge in [0, 0.05) is 0 Å². The average Bonchev–Trinajstić information content (AvgIpc) is 3.19. The zero-order valence-corrected chi connectivity index (χ0v) is 19.5. The monoisotopic (exact) mass is 491 g/mol. The number of aliphatic hydroxyl groups is 1. The van der Waals surface area contributed by atoms with E-state index in [1.807, 2.05) is 0 Å². The third kappa shape index (κ3) is 4.92. The molecule has 176 valence electrons. The minimum atomic E-state index is -2.47. The van der Waals surface area contributed by atoms with Crippen LogP contribution in [0.2, 0.25) is 0 Å². The van der Waals surface area contributed by atoms with Gasteiger partial charge in [0.2, 0.25) is 5.95 Å². The topological polar surface area (TPSA) is 184 Å². The minimum absolute atomic E-state index is 0.0269. The lowest BCUT2D eigenvalue weighted by Gasteiger charge is -2.26. The third-order valence-corrected chi connectivity index (χ3v) is 6.17. The SMILES string of the molecule is CC(C)OC(=O)[C@H](C)N[P+](=O)OC[C@H]1O[C@@H](n2cnc3c(=O)[nH]c(N)nc32)[C@](C)(Cl)[C@@H]1O. The maximum atomic E-state index is 12.2. The molecule has 13 nitrogen and oxygen atoms in total. The molecule has 1 saturated heterocycles. The van der Waals surface area contributed by atoms with Crippen LogP contribution in [0.15, 0.2) is 11.1 Å². The molecule has 15 heteroatoms. The molecule has 2 aromatic rings. The highest BCUT2D eigenvalue weighted by atomic mass is 35.5. The molecule has 0 spiro atoms. The van der Waals surface area contributed by atoms with Crippen molar-refractivity contribution in [1.82, 2.24) is 24.6 Å². The van der Waals surface area contributed by atoms with E-state index in [0.717, 1.165) is 0 Å². The van der Waals surface area contributed by atoms with Crippen LogP contribution in [0.25, 0.3) is 11.2 Å². The van der Waals surface area contributed by atoms with E-state index in [1.54, 1.807) is 13.8 Å². The molecular weight excluding hydrogens is 467 g/mol. The molecule has 0 saturated carbocycles. The molecule has 1 aliphatic rings. The number of alkyl halides is 1. The number of hydrogen-bond donors (Lipinski definition) is 4. The molecular formula is C17H25ClN6O7P+. The van der Waals surface area contributed by atoms with Gasteiger partial charge in [-0.25, -0.2) is 4.98 Å². The first-order valence-electron chi connectivity index (χ1n) is 9.73. The highest BCUT2D eigenvalue weighted by molar-refractivity contribution is 7.36. The molecule has 2 aromatic heterocycles. The first kappa shape index (κ1) is 24.5. The number of anilines is 1. The van der Waals surface area contributed by atoms with Crippen LogP contribution in [0.5, 0.6) is 0 Å². The largest absolute Gasteiger partial charge is 0.613 e. The van der Waals surface area contributed by atoms with Crippen molar-refractivity contribution < 1.29 is 28.5 Å². The lowest BCUT2D eigenvalue weighted by molar-refractivity contribution is -0.149. The Morgan fingerprint density at radius 2 is 2.22 bits per heavy atom. The second-order valence-electron chi connectivity index (χ2n) is 7.79. The zero-order valence-electron chi connectivity index (χ0n) is 17.8. The maximum Gasteiger partial charge on any atom is 0.613 e. The van der Waals surface area contributed by atoms with E-state index in [9.17, 15) is 19.3 Å². The van der Waals surface area contributed by atoms with Gasteiger partial charge in [-0.05, 0) is 32.3 Å². The van der Waals surface area contributed by atoms with Crippen molar-refractivity contribution in [2.24, 2.45) is 0 Å². The minimum Gasteiger partial charge on any atom is -0.462 e. The van der Waals surface area contributed by atoms with Gasteiger partial charge in [0.15, 0.2) is 17.4 Å². The van der Waals surface area contributed by atoms with Gasteiger partial charge in [-0.3, -0.25) is 19.1 Å². The van der Waals surface area contributed by atoms with Crippen molar-refractivity contribution in [2.75, 3.05) is 12.3 Å². The second-order valence-corrected chi connectivity index (χ2v) is 9.63. The summed E-state index contributed by atoms with van der Waals surface area (Å²) in [6.07, 6.45) is -2.21. The molecule has 32 heavy (non-hydrogen) atoms. The highest BCUT2D eigenvalue weighted by Gasteiger charge is 2.54. The maximum absolute atomic E-state index is 12.2. The van der Waals surface area contributed by atoms with Crippen LogP contribution in [-0.4, -0.2) is 66.4 Å². The van der Waals surface area contributed by atoms with E-state index < -0.39 is 49.1 Å². The number of ether oxygens (including phenoxy) is 2. The van der Waals surface area contributed by atoms with Gasteiger partial charge in [-0.2, -0.15) is 4.98 Å². The molecule has 1 unspecified atom stereocenters. The molecule has 0 aromatic carbocycles. The van der Waals surface area contributed by atoms with Crippen LogP contribution in [0.1, 0.15) is 33.9 Å². The summed E-state index contributed by atoms with van der Waals surface area (Å²) >= 11 is 6.57. The highest BCUT2D eigenvalue weighted by Crippen LogP contribution is 2.44. The molecule has 1 fully saturated rings. The number of halogens is 1. The number of aromatic nitrogens is 4. The molecule has 0 radical (unpaired) electrons. The molecule has 0 aliphatic carbocycles. The fourth-order valence-corrected chi connectivity index (χ4v) is 4.26. The summed E-state index contributed by atoms with van der Waals surface area (Å²) in [4.78, 5) is 32.9. The third-order valence-electron chi connectivity index (χ3n) is 4.78. The number of esters is 1. The Kier molecular flexibility index (Phi) is 7.18. The Balaban J connectivity index is 1.69. The van der Waals surface area contributed by atoms with Crippen LogP contribution in [0, 0.1) is 0 Å². The number of nitrogens with zero attached hydrogens (tertiary/aromatic N) is 3. The zero-order chi connectivity index (χ0) is 23.8. The number of nitrogen functional groups attached to an aromatic ring is 1. The number of nitrogens with two attached hydrogens (primary N) is 1.